The molecule has 0 aliphatic heterocycles. The molecule has 2 rings (SSSR count). The monoisotopic (exact) mass is 376 g/mol. The number of carbonyl (C=O) groups excluding carboxylic acids is 2. The standard InChI is InChI=1S/C18H20N2O5S/c1-19(2)17(21)13-25-18(22)14-8-7-11-16(12-14)26(23,24)20(3)15-9-5-4-6-10-15/h4-12H,13H2,1-3H3. The predicted octanol–water partition coefficient (Wildman–Crippen LogP) is 1.76. The number of nitrogens with zero attached hydrogens (tertiary/aromatic N) is 2. The Kier molecular flexibility index (Phi) is 5.99. The number of carbonyl (C=O) groups is 2. The second kappa shape index (κ2) is 8.01. The summed E-state index contributed by atoms with van der Waals surface area (Å²) >= 11 is 0. The number of likely N-dealkylation sites (N-methyl/N-ethyl adjacent to an activating group) is 1. The van der Waals surface area contributed by atoms with Crippen LogP contribution in [-0.4, -0.2) is 52.9 Å². The van der Waals surface area contributed by atoms with Crippen molar-refractivity contribution >= 4 is 27.6 Å². The Balaban J connectivity index is 2.22. The van der Waals surface area contributed by atoms with Crippen LogP contribution in [0.3, 0.4) is 0 Å². The normalized spacial score (nSPS) is 10.9. The molecular weight excluding hydrogens is 356 g/mol. The second-order valence-electron chi connectivity index (χ2n) is 5.70. The first kappa shape index (κ1) is 19.5. The van der Waals surface area contributed by atoms with Gasteiger partial charge < -0.3 is 9.64 Å². The van der Waals surface area contributed by atoms with E-state index >= 15 is 0 Å². The quantitative estimate of drug-likeness (QED) is 0.717. The predicted molar refractivity (Wildman–Crippen MR) is 97.4 cm³/mol. The number of sulfonamides is 1. The van der Waals surface area contributed by atoms with Crippen molar-refractivity contribution in [3.63, 3.8) is 0 Å². The van der Waals surface area contributed by atoms with E-state index in [1.165, 1.54) is 36.2 Å². The maximum atomic E-state index is 12.8. The molecule has 0 fully saturated rings. The third-order valence-electron chi connectivity index (χ3n) is 3.67. The Morgan fingerprint density at radius 3 is 2.23 bits per heavy atom. The van der Waals surface area contributed by atoms with Gasteiger partial charge in [-0.05, 0) is 30.3 Å². The molecule has 0 radical (unpaired) electrons. The third-order valence-corrected chi connectivity index (χ3v) is 5.46. The van der Waals surface area contributed by atoms with Crippen molar-refractivity contribution in [3.8, 4) is 0 Å². The SMILES string of the molecule is CN(C)C(=O)COC(=O)c1cccc(S(=O)(=O)N(C)c2ccccc2)c1. The first-order valence-electron chi connectivity index (χ1n) is 7.75. The molecule has 0 aliphatic carbocycles. The topological polar surface area (TPSA) is 84.0 Å². The molecule has 0 aliphatic rings. The molecular formula is C18H20N2O5S. The summed E-state index contributed by atoms with van der Waals surface area (Å²) < 4.78 is 31.6. The number of hydrogen-bond acceptors (Lipinski definition) is 5. The molecule has 138 valence electrons. The van der Waals surface area contributed by atoms with Crippen LogP contribution >= 0.6 is 0 Å². The molecule has 0 saturated heterocycles. The minimum Gasteiger partial charge on any atom is -0.452 e. The number of anilines is 1. The zero-order chi connectivity index (χ0) is 19.3. The Morgan fingerprint density at radius 1 is 0.962 bits per heavy atom. The van der Waals surface area contributed by atoms with E-state index in [0.717, 1.165) is 4.31 Å². The molecule has 0 saturated carbocycles. The molecule has 0 atom stereocenters. The third kappa shape index (κ3) is 4.40. The first-order chi connectivity index (χ1) is 12.2. The van der Waals surface area contributed by atoms with Gasteiger partial charge in [0, 0.05) is 21.1 Å². The molecule has 0 spiro atoms. The van der Waals surface area contributed by atoms with Crippen LogP contribution in [0, 0.1) is 0 Å². The van der Waals surface area contributed by atoms with Crippen LogP contribution in [0.5, 0.6) is 0 Å². The Morgan fingerprint density at radius 2 is 1.62 bits per heavy atom. The fraction of sp³-hybridized carbons (Fsp3) is 0.222. The van der Waals surface area contributed by atoms with Crippen molar-refractivity contribution in [2.24, 2.45) is 0 Å². The number of para-hydroxylation sites is 1. The molecule has 7 nitrogen and oxygen atoms in total. The highest BCUT2D eigenvalue weighted by Gasteiger charge is 2.22. The number of esters is 1. The van der Waals surface area contributed by atoms with Crippen LogP contribution in [0.2, 0.25) is 0 Å². The van der Waals surface area contributed by atoms with Gasteiger partial charge in [0.15, 0.2) is 6.61 Å². The van der Waals surface area contributed by atoms with Gasteiger partial charge in [0.2, 0.25) is 0 Å². The fourth-order valence-electron chi connectivity index (χ4n) is 2.06. The number of benzene rings is 2. The number of rotatable bonds is 6. The first-order valence-corrected chi connectivity index (χ1v) is 9.19. The number of hydrogen-bond donors (Lipinski definition) is 0. The average molecular weight is 376 g/mol. The van der Waals surface area contributed by atoms with E-state index in [1.807, 2.05) is 0 Å². The Bertz CT molecular complexity index is 895. The van der Waals surface area contributed by atoms with E-state index in [-0.39, 0.29) is 16.4 Å². The van der Waals surface area contributed by atoms with E-state index in [9.17, 15) is 18.0 Å². The van der Waals surface area contributed by atoms with Crippen molar-refractivity contribution in [2.75, 3.05) is 32.1 Å². The molecule has 2 aromatic carbocycles. The maximum Gasteiger partial charge on any atom is 0.338 e. The zero-order valence-corrected chi connectivity index (χ0v) is 15.6. The lowest BCUT2D eigenvalue weighted by atomic mass is 10.2. The summed E-state index contributed by atoms with van der Waals surface area (Å²) in [5, 5.41) is 0. The van der Waals surface area contributed by atoms with Crippen molar-refractivity contribution < 1.29 is 22.7 Å². The average Bonchev–Trinajstić information content (AvgIpc) is 2.65. The summed E-state index contributed by atoms with van der Waals surface area (Å²) in [5.41, 5.74) is 0.552. The van der Waals surface area contributed by atoms with E-state index in [1.54, 1.807) is 44.4 Å². The summed E-state index contributed by atoms with van der Waals surface area (Å²) in [5.74, 6) is -1.13. The van der Waals surface area contributed by atoms with Gasteiger partial charge in [0.05, 0.1) is 16.1 Å². The van der Waals surface area contributed by atoms with Crippen LogP contribution in [-0.2, 0) is 19.6 Å². The van der Waals surface area contributed by atoms with Gasteiger partial charge in [-0.2, -0.15) is 0 Å². The zero-order valence-electron chi connectivity index (χ0n) is 14.7. The second-order valence-corrected chi connectivity index (χ2v) is 7.67. The largest absolute Gasteiger partial charge is 0.452 e. The summed E-state index contributed by atoms with van der Waals surface area (Å²) in [6, 6.07) is 14.1. The summed E-state index contributed by atoms with van der Waals surface area (Å²) in [6.45, 7) is -0.410. The highest BCUT2D eigenvalue weighted by molar-refractivity contribution is 7.92. The molecule has 0 unspecified atom stereocenters. The van der Waals surface area contributed by atoms with Gasteiger partial charge in [-0.3, -0.25) is 9.10 Å². The summed E-state index contributed by atoms with van der Waals surface area (Å²) in [6.07, 6.45) is 0. The van der Waals surface area contributed by atoms with Gasteiger partial charge in [-0.15, -0.1) is 0 Å². The molecule has 0 N–H and O–H groups in total. The lowest BCUT2D eigenvalue weighted by Gasteiger charge is -2.19. The molecule has 1 amide bonds. The molecule has 26 heavy (non-hydrogen) atoms. The lowest BCUT2D eigenvalue weighted by molar-refractivity contribution is -0.131. The fourth-order valence-corrected chi connectivity index (χ4v) is 3.30. The lowest BCUT2D eigenvalue weighted by Crippen LogP contribution is -2.28. The van der Waals surface area contributed by atoms with Crippen LogP contribution in [0.25, 0.3) is 0 Å². The Labute approximate surface area is 152 Å². The van der Waals surface area contributed by atoms with E-state index in [0.29, 0.717) is 5.69 Å². The number of amides is 1. The van der Waals surface area contributed by atoms with E-state index in [2.05, 4.69) is 0 Å². The van der Waals surface area contributed by atoms with Gasteiger partial charge in [-0.1, -0.05) is 24.3 Å². The highest BCUT2D eigenvalue weighted by Crippen LogP contribution is 2.22. The van der Waals surface area contributed by atoms with Gasteiger partial charge in [0.25, 0.3) is 15.9 Å². The smallest absolute Gasteiger partial charge is 0.338 e. The minimum absolute atomic E-state index is 0.0442. The van der Waals surface area contributed by atoms with Crippen molar-refractivity contribution in [1.29, 1.82) is 0 Å². The molecule has 0 heterocycles. The minimum atomic E-state index is -3.84. The van der Waals surface area contributed by atoms with Crippen LogP contribution in [0.1, 0.15) is 10.4 Å². The Hall–Kier alpha value is -2.87. The van der Waals surface area contributed by atoms with Crippen LogP contribution in [0.15, 0.2) is 59.5 Å². The van der Waals surface area contributed by atoms with Gasteiger partial charge in [-0.25, -0.2) is 13.2 Å². The summed E-state index contributed by atoms with van der Waals surface area (Å²) in [4.78, 5) is 24.8. The highest BCUT2D eigenvalue weighted by atomic mass is 32.2. The van der Waals surface area contributed by atoms with Gasteiger partial charge in [0.1, 0.15) is 0 Å². The molecule has 8 heteroatoms. The van der Waals surface area contributed by atoms with Crippen molar-refractivity contribution in [2.45, 2.75) is 4.90 Å². The number of ether oxygens (including phenoxy) is 1. The van der Waals surface area contributed by atoms with E-state index < -0.39 is 22.6 Å². The maximum absolute atomic E-state index is 12.8. The van der Waals surface area contributed by atoms with Gasteiger partial charge >= 0.3 is 5.97 Å². The molecule has 2 aromatic rings. The molecule has 0 aromatic heterocycles. The molecule has 0 bridgehead atoms. The van der Waals surface area contributed by atoms with Crippen LogP contribution < -0.4 is 4.31 Å². The van der Waals surface area contributed by atoms with Crippen molar-refractivity contribution in [3.05, 3.63) is 60.2 Å². The van der Waals surface area contributed by atoms with E-state index in [4.69, 9.17) is 4.74 Å². The summed E-state index contributed by atoms with van der Waals surface area (Å²) in [7, 11) is 0.682. The van der Waals surface area contributed by atoms with Crippen LogP contribution in [0.4, 0.5) is 5.69 Å². The van der Waals surface area contributed by atoms with Crippen molar-refractivity contribution in [1.82, 2.24) is 4.90 Å².